The topological polar surface area (TPSA) is 124 Å². The highest BCUT2D eigenvalue weighted by molar-refractivity contribution is 5.95. The maximum absolute atomic E-state index is 13.1. The molecule has 3 rings (SSSR count). The first-order valence-corrected chi connectivity index (χ1v) is 11.7. The van der Waals surface area contributed by atoms with Gasteiger partial charge >= 0.3 is 0 Å². The summed E-state index contributed by atoms with van der Waals surface area (Å²) in [7, 11) is 4.65. The molecule has 0 radical (unpaired) electrons. The van der Waals surface area contributed by atoms with Crippen molar-refractivity contribution in [3.63, 3.8) is 0 Å². The van der Waals surface area contributed by atoms with Crippen molar-refractivity contribution in [3.05, 3.63) is 89.5 Å². The minimum atomic E-state index is -0.745. The van der Waals surface area contributed by atoms with E-state index in [-0.39, 0.29) is 18.3 Å². The van der Waals surface area contributed by atoms with Gasteiger partial charge in [0.15, 0.2) is 17.5 Å². The zero-order valence-corrected chi connectivity index (χ0v) is 21.2. The number of nitrogens with two attached hydrogens (primary N) is 1. The van der Waals surface area contributed by atoms with Gasteiger partial charge in [0.1, 0.15) is 11.8 Å². The fourth-order valence-electron chi connectivity index (χ4n) is 3.70. The summed E-state index contributed by atoms with van der Waals surface area (Å²) in [5.74, 6) is 0.897. The van der Waals surface area contributed by atoms with Gasteiger partial charge in [-0.05, 0) is 41.0 Å². The summed E-state index contributed by atoms with van der Waals surface area (Å²) >= 11 is 0. The van der Waals surface area contributed by atoms with Crippen LogP contribution in [0, 0.1) is 0 Å². The van der Waals surface area contributed by atoms with E-state index < -0.39 is 11.9 Å². The Morgan fingerprint density at radius 1 is 0.838 bits per heavy atom. The number of nitrogens with zero attached hydrogens (tertiary/aromatic N) is 1. The number of rotatable bonds is 11. The Morgan fingerprint density at radius 2 is 1.57 bits per heavy atom. The molecule has 0 bridgehead atoms. The first kappa shape index (κ1) is 27.1. The number of hydrogen-bond donors (Lipinski definition) is 3. The Bertz CT molecular complexity index is 1230. The number of benzene rings is 3. The fourth-order valence-corrected chi connectivity index (χ4v) is 3.70. The molecule has 9 heteroatoms. The van der Waals surface area contributed by atoms with Gasteiger partial charge in [0.25, 0.3) is 5.91 Å². The van der Waals surface area contributed by atoms with Gasteiger partial charge in [0, 0.05) is 13.0 Å². The Balaban J connectivity index is 1.69. The van der Waals surface area contributed by atoms with Crippen LogP contribution in [0.4, 0.5) is 0 Å². The van der Waals surface area contributed by atoms with E-state index in [1.54, 1.807) is 25.3 Å². The van der Waals surface area contributed by atoms with Gasteiger partial charge in [-0.25, -0.2) is 0 Å². The lowest BCUT2D eigenvalue weighted by atomic mass is 10.1. The molecule has 194 valence electrons. The number of methoxy groups -OCH3 is 3. The minimum Gasteiger partial charge on any atom is -0.497 e. The van der Waals surface area contributed by atoms with Gasteiger partial charge in [0.2, 0.25) is 5.91 Å². The molecule has 0 aromatic heterocycles. The largest absolute Gasteiger partial charge is 0.497 e. The van der Waals surface area contributed by atoms with Gasteiger partial charge < -0.3 is 30.6 Å². The maximum Gasteiger partial charge on any atom is 0.253 e. The summed E-state index contributed by atoms with van der Waals surface area (Å²) in [5.41, 5.74) is 8.55. The van der Waals surface area contributed by atoms with Crippen molar-refractivity contribution in [1.29, 1.82) is 0 Å². The van der Waals surface area contributed by atoms with Crippen molar-refractivity contribution in [1.82, 2.24) is 10.6 Å². The second-order valence-electron chi connectivity index (χ2n) is 8.21. The number of guanidine groups is 1. The van der Waals surface area contributed by atoms with E-state index >= 15 is 0 Å². The van der Waals surface area contributed by atoms with Crippen LogP contribution < -0.4 is 30.6 Å². The van der Waals surface area contributed by atoms with E-state index in [0.29, 0.717) is 35.8 Å². The first-order valence-electron chi connectivity index (χ1n) is 11.7. The van der Waals surface area contributed by atoms with Gasteiger partial charge in [-0.3, -0.25) is 9.59 Å². The number of aliphatic imine (C=N–C) groups is 1. The normalized spacial score (nSPS) is 11.8. The smallest absolute Gasteiger partial charge is 0.253 e. The third-order valence-electron chi connectivity index (χ3n) is 5.57. The van der Waals surface area contributed by atoms with E-state index in [9.17, 15) is 9.59 Å². The third-order valence-corrected chi connectivity index (χ3v) is 5.57. The van der Waals surface area contributed by atoms with Gasteiger partial charge in [0.05, 0.1) is 27.8 Å². The Hall–Kier alpha value is -4.53. The molecule has 2 amide bonds. The molecule has 1 unspecified atom stereocenters. The summed E-state index contributed by atoms with van der Waals surface area (Å²) in [6.45, 7) is 0.304. The molecule has 4 N–H and O–H groups in total. The second kappa shape index (κ2) is 13.5. The molecule has 0 aliphatic heterocycles. The second-order valence-corrected chi connectivity index (χ2v) is 8.21. The zero-order chi connectivity index (χ0) is 26.6. The fraction of sp³-hybridized carbons (Fsp3) is 0.250. The lowest BCUT2D eigenvalue weighted by Crippen LogP contribution is -2.50. The average Bonchev–Trinajstić information content (AvgIpc) is 2.91. The molecule has 0 saturated heterocycles. The molecule has 0 aliphatic carbocycles. The molecule has 0 saturated carbocycles. The highest BCUT2D eigenvalue weighted by atomic mass is 16.5. The monoisotopic (exact) mass is 504 g/mol. The molecule has 0 aliphatic rings. The predicted molar refractivity (Wildman–Crippen MR) is 142 cm³/mol. The van der Waals surface area contributed by atoms with Crippen LogP contribution in [0.25, 0.3) is 0 Å². The average molecular weight is 505 g/mol. The Labute approximate surface area is 216 Å². The summed E-state index contributed by atoms with van der Waals surface area (Å²) < 4.78 is 15.7. The lowest BCUT2D eigenvalue weighted by Gasteiger charge is -2.19. The third kappa shape index (κ3) is 8.28. The van der Waals surface area contributed by atoms with E-state index in [0.717, 1.165) is 11.1 Å². The molecule has 0 heterocycles. The highest BCUT2D eigenvalue weighted by Gasteiger charge is 2.20. The standard InChI is InChI=1S/C28H32N4O5/c1-35-22-11-7-10-21(14-22)18-30-27(34)23(15-19-8-5-4-6-9-19)31-28(29)32-26(33)17-20-12-13-24(36-2)25(16-20)37-3/h4-14,16,23H,15,17-18H2,1-3H3,(H,30,34)(H3,29,31,32,33). The van der Waals surface area contributed by atoms with Crippen molar-refractivity contribution < 1.29 is 23.8 Å². The number of carbonyl (C=O) groups excluding carboxylic acids is 2. The number of carbonyl (C=O) groups is 2. The molecular weight excluding hydrogens is 472 g/mol. The Kier molecular flexibility index (Phi) is 9.90. The van der Waals surface area contributed by atoms with Crippen LogP contribution >= 0.6 is 0 Å². The lowest BCUT2D eigenvalue weighted by molar-refractivity contribution is -0.123. The van der Waals surface area contributed by atoms with Gasteiger partial charge in [-0.1, -0.05) is 48.5 Å². The van der Waals surface area contributed by atoms with Crippen molar-refractivity contribution in [2.24, 2.45) is 10.7 Å². The molecule has 37 heavy (non-hydrogen) atoms. The van der Waals surface area contributed by atoms with Crippen LogP contribution in [-0.4, -0.2) is 45.1 Å². The van der Waals surface area contributed by atoms with Crippen LogP contribution in [0.15, 0.2) is 77.8 Å². The number of amides is 2. The molecule has 0 fully saturated rings. The molecule has 3 aromatic rings. The van der Waals surface area contributed by atoms with Crippen LogP contribution in [0.5, 0.6) is 17.2 Å². The summed E-state index contributed by atoms with van der Waals surface area (Å²) in [4.78, 5) is 29.6. The van der Waals surface area contributed by atoms with Crippen LogP contribution in [-0.2, 0) is 29.0 Å². The van der Waals surface area contributed by atoms with Crippen LogP contribution in [0.1, 0.15) is 16.7 Å². The van der Waals surface area contributed by atoms with Crippen molar-refractivity contribution >= 4 is 17.8 Å². The van der Waals surface area contributed by atoms with E-state index in [1.807, 2.05) is 54.6 Å². The van der Waals surface area contributed by atoms with Crippen molar-refractivity contribution in [2.45, 2.75) is 25.4 Å². The number of nitrogens with one attached hydrogen (secondary N) is 2. The van der Waals surface area contributed by atoms with Crippen molar-refractivity contribution in [3.8, 4) is 17.2 Å². The quantitative estimate of drug-likeness (QED) is 0.271. The highest BCUT2D eigenvalue weighted by Crippen LogP contribution is 2.27. The molecule has 3 aromatic carbocycles. The number of hydrogen-bond acceptors (Lipinski definition) is 5. The maximum atomic E-state index is 13.1. The van der Waals surface area contributed by atoms with Crippen LogP contribution in [0.2, 0.25) is 0 Å². The van der Waals surface area contributed by atoms with Crippen LogP contribution in [0.3, 0.4) is 0 Å². The molecule has 1 atom stereocenters. The summed E-state index contributed by atoms with van der Waals surface area (Å²) in [6, 6.07) is 21.4. The molecular formula is C28H32N4O5. The zero-order valence-electron chi connectivity index (χ0n) is 21.2. The van der Waals surface area contributed by atoms with E-state index in [1.165, 1.54) is 14.2 Å². The van der Waals surface area contributed by atoms with Gasteiger partial charge in [-0.15, -0.1) is 0 Å². The first-order chi connectivity index (χ1) is 17.9. The van der Waals surface area contributed by atoms with Crippen molar-refractivity contribution in [2.75, 3.05) is 21.3 Å². The van der Waals surface area contributed by atoms with Gasteiger partial charge in [-0.2, -0.15) is 4.99 Å². The minimum absolute atomic E-state index is 0.00806. The molecule has 9 nitrogen and oxygen atoms in total. The van der Waals surface area contributed by atoms with E-state index in [2.05, 4.69) is 15.6 Å². The number of ether oxygens (including phenoxy) is 3. The predicted octanol–water partition coefficient (Wildman–Crippen LogP) is 2.61. The summed E-state index contributed by atoms with van der Waals surface area (Å²) in [6.07, 6.45) is 0.360. The summed E-state index contributed by atoms with van der Waals surface area (Å²) in [5, 5.41) is 5.82. The SMILES string of the molecule is COc1cccc(CNC(=O)C(Cc2ccccc2)NC(N)=NC(=O)Cc2ccc(OC)c(OC)c2)c1. The van der Waals surface area contributed by atoms with E-state index in [4.69, 9.17) is 19.9 Å². The molecule has 0 spiro atoms. The Morgan fingerprint density at radius 3 is 2.27 bits per heavy atom.